The number of nitrogens with one attached hydrogen (secondary N) is 2. The summed E-state index contributed by atoms with van der Waals surface area (Å²) in [6.45, 7) is 1.68. The van der Waals surface area contributed by atoms with Crippen molar-refractivity contribution in [2.75, 3.05) is 24.9 Å². The van der Waals surface area contributed by atoms with Gasteiger partial charge in [-0.15, -0.1) is 0 Å². The molecule has 0 aromatic heterocycles. The second-order valence-electron chi connectivity index (χ2n) is 5.87. The number of anilines is 2. The first-order valence-corrected chi connectivity index (χ1v) is 8.12. The molecule has 0 fully saturated rings. The van der Waals surface area contributed by atoms with Gasteiger partial charge in [-0.3, -0.25) is 9.59 Å². The summed E-state index contributed by atoms with van der Waals surface area (Å²) < 4.78 is 15.9. The third-order valence-corrected chi connectivity index (χ3v) is 4.01. The van der Waals surface area contributed by atoms with Gasteiger partial charge in [-0.05, 0) is 42.8 Å². The molecular formula is C19H20N2O5. The third kappa shape index (κ3) is 3.72. The maximum atomic E-state index is 12.3. The van der Waals surface area contributed by atoms with E-state index in [2.05, 4.69) is 10.6 Å². The van der Waals surface area contributed by atoms with Crippen LogP contribution in [0.4, 0.5) is 11.4 Å². The first kappa shape index (κ1) is 17.6. The molecule has 0 bridgehead atoms. The molecule has 2 N–H and O–H groups in total. The molecule has 1 aliphatic heterocycles. The predicted octanol–water partition coefficient (Wildman–Crippen LogP) is 2.60. The number of hydrogen-bond acceptors (Lipinski definition) is 5. The summed E-state index contributed by atoms with van der Waals surface area (Å²) in [5.41, 5.74) is 1.91. The van der Waals surface area contributed by atoms with E-state index in [9.17, 15) is 9.59 Å². The summed E-state index contributed by atoms with van der Waals surface area (Å²) in [5.74, 6) is 1.35. The summed E-state index contributed by atoms with van der Waals surface area (Å²) in [6.07, 6.45) is -0.356. The largest absolute Gasteiger partial charge is 0.493 e. The van der Waals surface area contributed by atoms with Crippen molar-refractivity contribution in [1.82, 2.24) is 0 Å². The Kier molecular flexibility index (Phi) is 4.97. The fourth-order valence-corrected chi connectivity index (χ4v) is 2.67. The molecule has 0 unspecified atom stereocenters. The van der Waals surface area contributed by atoms with Crippen molar-refractivity contribution in [2.45, 2.75) is 19.4 Å². The first-order valence-electron chi connectivity index (χ1n) is 8.12. The maximum Gasteiger partial charge on any atom is 0.265 e. The number of rotatable bonds is 5. The van der Waals surface area contributed by atoms with E-state index >= 15 is 0 Å². The number of amides is 2. The smallest absolute Gasteiger partial charge is 0.265 e. The molecule has 0 spiro atoms. The van der Waals surface area contributed by atoms with Crippen molar-refractivity contribution in [1.29, 1.82) is 0 Å². The van der Waals surface area contributed by atoms with Crippen LogP contribution in [0.25, 0.3) is 0 Å². The van der Waals surface area contributed by atoms with E-state index in [0.29, 0.717) is 28.6 Å². The molecule has 0 aliphatic carbocycles. The Bertz CT molecular complexity index is 850. The van der Waals surface area contributed by atoms with Gasteiger partial charge in [0.05, 0.1) is 26.3 Å². The number of carbonyl (C=O) groups excluding carboxylic acids is 2. The van der Waals surface area contributed by atoms with Gasteiger partial charge in [0.2, 0.25) is 5.91 Å². The fraction of sp³-hybridized carbons (Fsp3) is 0.263. The molecule has 0 saturated carbocycles. The van der Waals surface area contributed by atoms with Gasteiger partial charge in [-0.2, -0.15) is 0 Å². The minimum atomic E-state index is -0.534. The zero-order valence-corrected chi connectivity index (χ0v) is 14.8. The Morgan fingerprint density at radius 1 is 1.15 bits per heavy atom. The van der Waals surface area contributed by atoms with Crippen molar-refractivity contribution >= 4 is 23.2 Å². The lowest BCUT2D eigenvalue weighted by Gasteiger charge is -2.23. The van der Waals surface area contributed by atoms with Crippen LogP contribution in [0.3, 0.4) is 0 Å². The number of methoxy groups -OCH3 is 2. The molecule has 2 amide bonds. The van der Waals surface area contributed by atoms with E-state index in [4.69, 9.17) is 14.2 Å². The summed E-state index contributed by atoms with van der Waals surface area (Å²) in [4.78, 5) is 24.0. The van der Waals surface area contributed by atoms with Gasteiger partial charge in [0.15, 0.2) is 17.6 Å². The highest BCUT2D eigenvalue weighted by atomic mass is 16.5. The molecule has 0 saturated heterocycles. The van der Waals surface area contributed by atoms with Crippen LogP contribution < -0.4 is 24.8 Å². The van der Waals surface area contributed by atoms with Gasteiger partial charge in [-0.1, -0.05) is 6.07 Å². The second kappa shape index (κ2) is 7.35. The van der Waals surface area contributed by atoms with E-state index in [1.807, 2.05) is 6.07 Å². The number of ether oxygens (including phenoxy) is 3. The summed E-state index contributed by atoms with van der Waals surface area (Å²) >= 11 is 0. The molecule has 26 heavy (non-hydrogen) atoms. The fourth-order valence-electron chi connectivity index (χ4n) is 2.67. The van der Waals surface area contributed by atoms with Crippen molar-refractivity contribution < 1.29 is 23.8 Å². The summed E-state index contributed by atoms with van der Waals surface area (Å²) in [7, 11) is 3.11. The average Bonchev–Trinajstić information content (AvgIpc) is 2.62. The Balaban J connectivity index is 1.69. The predicted molar refractivity (Wildman–Crippen MR) is 97.0 cm³/mol. The normalized spacial score (nSPS) is 15.3. The van der Waals surface area contributed by atoms with Crippen LogP contribution in [-0.2, 0) is 16.0 Å². The highest BCUT2D eigenvalue weighted by Gasteiger charge is 2.23. The van der Waals surface area contributed by atoms with Gasteiger partial charge in [0.25, 0.3) is 5.91 Å². The number of hydrogen-bond donors (Lipinski definition) is 2. The van der Waals surface area contributed by atoms with Crippen LogP contribution in [-0.4, -0.2) is 32.1 Å². The monoisotopic (exact) mass is 356 g/mol. The standard InChI is InChI=1S/C19H20N2O5/c1-11-19(23)21-14-10-13(5-7-15(14)26-11)20-18(22)9-12-4-6-16(24-2)17(8-12)25-3/h4-8,10-11H,9H2,1-3H3,(H,20,22)(H,21,23)/t11-/m0/s1. The van der Waals surface area contributed by atoms with Crippen LogP contribution in [0.2, 0.25) is 0 Å². The minimum Gasteiger partial charge on any atom is -0.493 e. The Labute approximate surface area is 151 Å². The van der Waals surface area contributed by atoms with Crippen molar-refractivity contribution in [2.24, 2.45) is 0 Å². The molecule has 2 aromatic carbocycles. The first-order chi connectivity index (χ1) is 12.5. The van der Waals surface area contributed by atoms with Crippen molar-refractivity contribution in [3.63, 3.8) is 0 Å². The van der Waals surface area contributed by atoms with E-state index in [0.717, 1.165) is 5.56 Å². The van der Waals surface area contributed by atoms with Crippen molar-refractivity contribution in [3.05, 3.63) is 42.0 Å². The Hall–Kier alpha value is -3.22. The van der Waals surface area contributed by atoms with Gasteiger partial charge in [0.1, 0.15) is 5.75 Å². The average molecular weight is 356 g/mol. The molecule has 136 valence electrons. The van der Waals surface area contributed by atoms with Crippen LogP contribution in [0.1, 0.15) is 12.5 Å². The van der Waals surface area contributed by atoms with Crippen molar-refractivity contribution in [3.8, 4) is 17.2 Å². The highest BCUT2D eigenvalue weighted by molar-refractivity contribution is 5.99. The van der Waals surface area contributed by atoms with E-state index in [1.165, 1.54) is 0 Å². The lowest BCUT2D eigenvalue weighted by molar-refractivity contribution is -0.122. The SMILES string of the molecule is COc1ccc(CC(=O)Nc2ccc3c(c2)NC(=O)[C@H](C)O3)cc1OC. The molecule has 3 rings (SSSR count). The minimum absolute atomic E-state index is 0.178. The van der Waals surface area contributed by atoms with E-state index in [-0.39, 0.29) is 18.2 Å². The van der Waals surface area contributed by atoms with Crippen LogP contribution in [0.5, 0.6) is 17.2 Å². The molecule has 1 atom stereocenters. The Morgan fingerprint density at radius 3 is 2.65 bits per heavy atom. The van der Waals surface area contributed by atoms with Crippen LogP contribution in [0.15, 0.2) is 36.4 Å². The zero-order chi connectivity index (χ0) is 18.7. The molecule has 7 nitrogen and oxygen atoms in total. The number of benzene rings is 2. The van der Waals surface area contributed by atoms with Gasteiger partial charge >= 0.3 is 0 Å². The number of fused-ring (bicyclic) bond motifs is 1. The van der Waals surface area contributed by atoms with E-state index < -0.39 is 6.10 Å². The van der Waals surface area contributed by atoms with Gasteiger partial charge < -0.3 is 24.8 Å². The molecule has 7 heteroatoms. The van der Waals surface area contributed by atoms with Gasteiger partial charge in [-0.25, -0.2) is 0 Å². The third-order valence-electron chi connectivity index (χ3n) is 4.01. The maximum absolute atomic E-state index is 12.3. The summed E-state index contributed by atoms with van der Waals surface area (Å²) in [5, 5.41) is 5.57. The molecular weight excluding hydrogens is 336 g/mol. The molecule has 1 heterocycles. The molecule has 1 aliphatic rings. The highest BCUT2D eigenvalue weighted by Crippen LogP contribution is 2.32. The van der Waals surface area contributed by atoms with Crippen LogP contribution in [0, 0.1) is 0 Å². The lowest BCUT2D eigenvalue weighted by Crippen LogP contribution is -2.34. The van der Waals surface area contributed by atoms with Gasteiger partial charge in [0, 0.05) is 5.69 Å². The molecule has 0 radical (unpaired) electrons. The Morgan fingerprint density at radius 2 is 1.92 bits per heavy atom. The summed E-state index contributed by atoms with van der Waals surface area (Å²) in [6, 6.07) is 10.5. The lowest BCUT2D eigenvalue weighted by atomic mass is 10.1. The zero-order valence-electron chi connectivity index (χ0n) is 14.8. The quantitative estimate of drug-likeness (QED) is 0.860. The second-order valence-corrected chi connectivity index (χ2v) is 5.87. The number of carbonyl (C=O) groups is 2. The van der Waals surface area contributed by atoms with Crippen LogP contribution >= 0.6 is 0 Å². The topological polar surface area (TPSA) is 85.9 Å². The molecule has 2 aromatic rings. The van der Waals surface area contributed by atoms with E-state index in [1.54, 1.807) is 51.5 Å².